The monoisotopic (exact) mass is 347 g/mol. The van der Waals surface area contributed by atoms with Gasteiger partial charge in [-0.15, -0.1) is 0 Å². The van der Waals surface area contributed by atoms with Gasteiger partial charge in [-0.25, -0.2) is 4.79 Å². The minimum absolute atomic E-state index is 0.269. The van der Waals surface area contributed by atoms with Crippen molar-refractivity contribution in [1.82, 2.24) is 0 Å². The van der Waals surface area contributed by atoms with Gasteiger partial charge in [0.2, 0.25) is 0 Å². The zero-order valence-electron chi connectivity index (χ0n) is 16.3. The number of unbranched alkanes of at least 4 members (excludes halogenated alkanes) is 11. The molecule has 0 atom stereocenters. The lowest BCUT2D eigenvalue weighted by molar-refractivity contribution is 0.0497. The van der Waals surface area contributed by atoms with Crippen molar-refractivity contribution >= 4 is 11.7 Å². The number of benzene rings is 1. The minimum Gasteiger partial charge on any atom is -0.462 e. The third kappa shape index (κ3) is 10.2. The Morgan fingerprint density at radius 1 is 0.880 bits per heavy atom. The Labute approximate surface area is 154 Å². The second-order valence-electron chi connectivity index (χ2n) is 7.10. The van der Waals surface area contributed by atoms with Gasteiger partial charge in [0.05, 0.1) is 12.2 Å². The maximum atomic E-state index is 11.9. The molecular formula is C22H37NO2. The van der Waals surface area contributed by atoms with Gasteiger partial charge >= 0.3 is 5.97 Å². The number of rotatable bonds is 14. The Kier molecular flexibility index (Phi) is 11.8. The first-order valence-electron chi connectivity index (χ1n) is 10.2. The Morgan fingerprint density at radius 2 is 1.40 bits per heavy atom. The summed E-state index contributed by atoms with van der Waals surface area (Å²) in [5.74, 6) is -0.269. The molecule has 0 fully saturated rings. The predicted octanol–water partition coefficient (Wildman–Crippen LogP) is 6.44. The summed E-state index contributed by atoms with van der Waals surface area (Å²) >= 11 is 0. The highest BCUT2D eigenvalue weighted by atomic mass is 16.5. The van der Waals surface area contributed by atoms with E-state index in [-0.39, 0.29) is 5.97 Å². The molecule has 0 bridgehead atoms. The molecule has 0 radical (unpaired) electrons. The molecule has 2 N–H and O–H groups in total. The van der Waals surface area contributed by atoms with Gasteiger partial charge in [-0.3, -0.25) is 0 Å². The molecule has 0 aliphatic rings. The summed E-state index contributed by atoms with van der Waals surface area (Å²) < 4.78 is 5.32. The first-order valence-corrected chi connectivity index (χ1v) is 10.2. The Balaban J connectivity index is 1.93. The molecule has 0 spiro atoms. The largest absolute Gasteiger partial charge is 0.462 e. The normalized spacial score (nSPS) is 10.8. The first-order chi connectivity index (χ1) is 12.1. The predicted molar refractivity (Wildman–Crippen MR) is 107 cm³/mol. The van der Waals surface area contributed by atoms with Crippen molar-refractivity contribution in [1.29, 1.82) is 0 Å². The smallest absolute Gasteiger partial charge is 0.338 e. The van der Waals surface area contributed by atoms with Crippen molar-refractivity contribution in [2.75, 3.05) is 12.3 Å². The summed E-state index contributed by atoms with van der Waals surface area (Å²) in [6, 6.07) is 5.33. The lowest BCUT2D eigenvalue weighted by Crippen LogP contribution is -2.07. The van der Waals surface area contributed by atoms with E-state index < -0.39 is 0 Å². The summed E-state index contributed by atoms with van der Waals surface area (Å²) in [4.78, 5) is 11.9. The summed E-state index contributed by atoms with van der Waals surface area (Å²) in [5.41, 5.74) is 7.99. The number of esters is 1. The van der Waals surface area contributed by atoms with E-state index in [9.17, 15) is 4.79 Å². The van der Waals surface area contributed by atoms with E-state index in [1.807, 2.05) is 13.0 Å². The number of carbonyl (C=O) groups excluding carboxylic acids is 1. The van der Waals surface area contributed by atoms with Crippen molar-refractivity contribution in [2.24, 2.45) is 0 Å². The highest BCUT2D eigenvalue weighted by molar-refractivity contribution is 5.90. The Bertz CT molecular complexity index is 485. The molecule has 0 aliphatic carbocycles. The zero-order chi connectivity index (χ0) is 18.3. The number of anilines is 1. The van der Waals surface area contributed by atoms with Crippen molar-refractivity contribution in [2.45, 2.75) is 90.9 Å². The molecule has 3 heteroatoms. The van der Waals surface area contributed by atoms with Crippen molar-refractivity contribution < 1.29 is 9.53 Å². The number of aryl methyl sites for hydroxylation is 1. The lowest BCUT2D eigenvalue weighted by atomic mass is 10.1. The molecular weight excluding hydrogens is 310 g/mol. The average molecular weight is 348 g/mol. The number of hydrogen-bond acceptors (Lipinski definition) is 3. The summed E-state index contributed by atoms with van der Waals surface area (Å²) in [6.07, 6.45) is 15.7. The van der Waals surface area contributed by atoms with Crippen LogP contribution in [0.1, 0.15) is 99.9 Å². The molecule has 0 unspecified atom stereocenters. The number of carbonyl (C=O) groups is 1. The second kappa shape index (κ2) is 13.7. The molecule has 3 nitrogen and oxygen atoms in total. The van der Waals surface area contributed by atoms with Crippen LogP contribution in [0.15, 0.2) is 18.2 Å². The third-order valence-corrected chi connectivity index (χ3v) is 4.75. The maximum Gasteiger partial charge on any atom is 0.338 e. The first kappa shape index (κ1) is 21.5. The van der Waals surface area contributed by atoms with E-state index in [0.717, 1.165) is 18.4 Å². The number of ether oxygens (including phenoxy) is 1. The highest BCUT2D eigenvalue weighted by Gasteiger charge is 2.08. The van der Waals surface area contributed by atoms with Gasteiger partial charge in [-0.2, -0.15) is 0 Å². The summed E-state index contributed by atoms with van der Waals surface area (Å²) in [5, 5.41) is 0. The van der Waals surface area contributed by atoms with E-state index in [0.29, 0.717) is 17.9 Å². The van der Waals surface area contributed by atoms with E-state index in [1.54, 1.807) is 12.1 Å². The molecule has 142 valence electrons. The molecule has 0 aliphatic heterocycles. The van der Waals surface area contributed by atoms with Crippen LogP contribution in [-0.4, -0.2) is 12.6 Å². The number of nitrogen functional groups attached to an aromatic ring is 1. The van der Waals surface area contributed by atoms with Gasteiger partial charge in [-0.1, -0.05) is 83.6 Å². The molecule has 1 rings (SSSR count). The van der Waals surface area contributed by atoms with Crippen LogP contribution in [0.3, 0.4) is 0 Å². The van der Waals surface area contributed by atoms with E-state index in [4.69, 9.17) is 10.5 Å². The molecule has 1 aromatic carbocycles. The Morgan fingerprint density at radius 3 is 1.92 bits per heavy atom. The zero-order valence-corrected chi connectivity index (χ0v) is 16.3. The topological polar surface area (TPSA) is 52.3 Å². The SMILES string of the molecule is CCCCCCCCCCCCCCOC(=O)c1ccc(C)c(N)c1. The van der Waals surface area contributed by atoms with Crippen LogP contribution in [0.4, 0.5) is 5.69 Å². The van der Waals surface area contributed by atoms with Crippen LogP contribution < -0.4 is 5.73 Å². The van der Waals surface area contributed by atoms with Crippen LogP contribution in [-0.2, 0) is 4.74 Å². The van der Waals surface area contributed by atoms with Gasteiger partial charge < -0.3 is 10.5 Å². The van der Waals surface area contributed by atoms with Gasteiger partial charge in [0.15, 0.2) is 0 Å². The summed E-state index contributed by atoms with van der Waals surface area (Å²) in [6.45, 7) is 4.69. The summed E-state index contributed by atoms with van der Waals surface area (Å²) in [7, 11) is 0. The fourth-order valence-electron chi connectivity index (χ4n) is 2.96. The van der Waals surface area contributed by atoms with Crippen LogP contribution in [0, 0.1) is 6.92 Å². The second-order valence-corrected chi connectivity index (χ2v) is 7.10. The van der Waals surface area contributed by atoms with E-state index >= 15 is 0 Å². The molecule has 0 heterocycles. The van der Waals surface area contributed by atoms with Crippen molar-refractivity contribution in [3.8, 4) is 0 Å². The Hall–Kier alpha value is -1.51. The molecule has 1 aromatic rings. The number of nitrogens with two attached hydrogens (primary N) is 1. The molecule has 0 aromatic heterocycles. The van der Waals surface area contributed by atoms with Crippen molar-refractivity contribution in [3.05, 3.63) is 29.3 Å². The van der Waals surface area contributed by atoms with Crippen LogP contribution in [0.2, 0.25) is 0 Å². The van der Waals surface area contributed by atoms with Gasteiger partial charge in [0.25, 0.3) is 0 Å². The van der Waals surface area contributed by atoms with Crippen LogP contribution in [0.25, 0.3) is 0 Å². The fourth-order valence-corrected chi connectivity index (χ4v) is 2.96. The van der Waals surface area contributed by atoms with Crippen LogP contribution in [0.5, 0.6) is 0 Å². The van der Waals surface area contributed by atoms with Crippen LogP contribution >= 0.6 is 0 Å². The molecule has 0 saturated carbocycles. The third-order valence-electron chi connectivity index (χ3n) is 4.75. The van der Waals surface area contributed by atoms with Gasteiger partial charge in [0, 0.05) is 5.69 Å². The average Bonchev–Trinajstić information content (AvgIpc) is 2.61. The minimum atomic E-state index is -0.269. The standard InChI is InChI=1S/C22H37NO2/c1-3-4-5-6-7-8-9-10-11-12-13-14-17-25-22(24)20-16-15-19(2)21(23)18-20/h15-16,18H,3-14,17,23H2,1-2H3. The maximum absolute atomic E-state index is 11.9. The van der Waals surface area contributed by atoms with Gasteiger partial charge in [0.1, 0.15) is 0 Å². The molecule has 0 amide bonds. The van der Waals surface area contributed by atoms with E-state index in [2.05, 4.69) is 6.92 Å². The van der Waals surface area contributed by atoms with Gasteiger partial charge in [-0.05, 0) is 31.0 Å². The molecule has 25 heavy (non-hydrogen) atoms. The fraction of sp³-hybridized carbons (Fsp3) is 0.682. The lowest BCUT2D eigenvalue weighted by Gasteiger charge is -2.07. The quantitative estimate of drug-likeness (QED) is 0.239. The molecule has 0 saturated heterocycles. The number of hydrogen-bond donors (Lipinski definition) is 1. The van der Waals surface area contributed by atoms with E-state index in [1.165, 1.54) is 64.2 Å². The highest BCUT2D eigenvalue weighted by Crippen LogP contribution is 2.14. The van der Waals surface area contributed by atoms with Crippen molar-refractivity contribution in [3.63, 3.8) is 0 Å².